The Balaban J connectivity index is 3.16. The van der Waals surface area contributed by atoms with Gasteiger partial charge in [-0.3, -0.25) is 0 Å². The Kier molecular flexibility index (Phi) is 6.31. The van der Waals surface area contributed by atoms with Gasteiger partial charge >= 0.3 is 0 Å². The van der Waals surface area contributed by atoms with Gasteiger partial charge in [-0.05, 0) is 11.6 Å². The summed E-state index contributed by atoms with van der Waals surface area (Å²) in [6.07, 6.45) is 2.81. The van der Waals surface area contributed by atoms with E-state index in [1.54, 1.807) is 0 Å². The molecule has 55 valence electrons. The van der Waals surface area contributed by atoms with E-state index in [-0.39, 0.29) is 6.29 Å². The fourth-order valence-corrected chi connectivity index (χ4v) is 3.05. The molecule has 0 atom stereocenters. The van der Waals surface area contributed by atoms with Crippen LogP contribution >= 0.6 is 21.8 Å². The lowest BCUT2D eigenvalue weighted by Gasteiger charge is -2.09. The molecule has 0 aromatic rings. The van der Waals surface area contributed by atoms with Gasteiger partial charge in [0.25, 0.3) is 0 Å². The molecule has 0 heterocycles. The molecular weight excluding hydrogens is 239 g/mol. The first-order valence-electron chi connectivity index (χ1n) is 3.69. The maximum Gasteiger partial charge on any atom is 0.132 e. The van der Waals surface area contributed by atoms with Gasteiger partial charge in [-0.25, -0.2) is 0 Å². The first-order valence-corrected chi connectivity index (χ1v) is 8.59. The topological polar surface area (TPSA) is 0 Å². The summed E-state index contributed by atoms with van der Waals surface area (Å²) in [5, 5.41) is 0. The van der Waals surface area contributed by atoms with Crippen LogP contribution in [0.4, 0.5) is 0 Å². The van der Waals surface area contributed by atoms with Crippen molar-refractivity contribution in [2.24, 2.45) is 0 Å². The van der Waals surface area contributed by atoms with E-state index < -0.39 is 0 Å². The first-order chi connectivity index (χ1) is 4.18. The van der Waals surface area contributed by atoms with Crippen molar-refractivity contribution in [2.45, 2.75) is 45.2 Å². The van der Waals surface area contributed by atoms with Gasteiger partial charge in [-0.15, -0.1) is 21.8 Å². The van der Waals surface area contributed by atoms with Crippen molar-refractivity contribution >= 4 is 28.1 Å². The summed E-state index contributed by atoms with van der Waals surface area (Å²) in [5.41, 5.74) is 0.960. The fourth-order valence-electron chi connectivity index (χ4n) is 0.634. The second-order valence-corrected chi connectivity index (χ2v) is 9.41. The SMILES string of the molecule is CCCC[Si](I)C(C)C. The second kappa shape index (κ2) is 5.71. The molecule has 0 nitrogen and oxygen atoms in total. The number of rotatable bonds is 4. The van der Waals surface area contributed by atoms with Gasteiger partial charge in [-0.1, -0.05) is 33.6 Å². The highest BCUT2D eigenvalue weighted by Gasteiger charge is 2.09. The monoisotopic (exact) mass is 255 g/mol. The molecule has 0 aliphatic heterocycles. The molecular formula is C7H16ISi. The summed E-state index contributed by atoms with van der Waals surface area (Å²) in [5.74, 6) is 0. The lowest BCUT2D eigenvalue weighted by Crippen LogP contribution is -2.06. The Labute approximate surface area is 73.2 Å². The third kappa shape index (κ3) is 5.39. The molecule has 9 heavy (non-hydrogen) atoms. The molecule has 0 N–H and O–H groups in total. The van der Waals surface area contributed by atoms with E-state index in [1.807, 2.05) is 0 Å². The molecule has 0 aliphatic rings. The van der Waals surface area contributed by atoms with Crippen molar-refractivity contribution in [3.05, 3.63) is 0 Å². The van der Waals surface area contributed by atoms with Crippen LogP contribution in [0.3, 0.4) is 0 Å². The third-order valence-electron chi connectivity index (χ3n) is 1.40. The smallest absolute Gasteiger partial charge is 0.121 e. The minimum atomic E-state index is 0.000725. The van der Waals surface area contributed by atoms with Gasteiger partial charge in [0, 0.05) is 0 Å². The molecule has 0 amide bonds. The Hall–Kier alpha value is 0.947. The normalized spacial score (nSPS) is 11.3. The maximum atomic E-state index is 2.66. The van der Waals surface area contributed by atoms with Crippen molar-refractivity contribution in [1.82, 2.24) is 0 Å². The van der Waals surface area contributed by atoms with Crippen LogP contribution in [0.15, 0.2) is 0 Å². The van der Waals surface area contributed by atoms with Crippen LogP contribution in [-0.4, -0.2) is 6.29 Å². The van der Waals surface area contributed by atoms with E-state index in [1.165, 1.54) is 18.9 Å². The number of halogens is 1. The van der Waals surface area contributed by atoms with Crippen molar-refractivity contribution in [3.63, 3.8) is 0 Å². The highest BCUT2D eigenvalue weighted by atomic mass is 127. The summed E-state index contributed by atoms with van der Waals surface area (Å²) in [6.45, 7) is 6.96. The van der Waals surface area contributed by atoms with Crippen LogP contribution in [0.25, 0.3) is 0 Å². The highest BCUT2D eigenvalue weighted by Crippen LogP contribution is 2.19. The molecule has 0 aliphatic carbocycles. The van der Waals surface area contributed by atoms with Crippen LogP contribution in [0, 0.1) is 0 Å². The molecule has 1 radical (unpaired) electrons. The molecule has 0 fully saturated rings. The molecule has 0 bridgehead atoms. The Morgan fingerprint density at radius 1 is 1.44 bits per heavy atom. The van der Waals surface area contributed by atoms with Gasteiger partial charge in [-0.2, -0.15) is 0 Å². The predicted octanol–water partition coefficient (Wildman–Crippen LogP) is 3.62. The van der Waals surface area contributed by atoms with Crippen LogP contribution in [0.1, 0.15) is 33.6 Å². The van der Waals surface area contributed by atoms with Crippen molar-refractivity contribution in [2.75, 3.05) is 0 Å². The molecule has 0 saturated heterocycles. The van der Waals surface area contributed by atoms with Crippen LogP contribution < -0.4 is 0 Å². The lowest BCUT2D eigenvalue weighted by atomic mass is 10.4. The van der Waals surface area contributed by atoms with E-state index in [9.17, 15) is 0 Å². The fraction of sp³-hybridized carbons (Fsp3) is 1.00. The van der Waals surface area contributed by atoms with Crippen LogP contribution in [0.5, 0.6) is 0 Å². The quantitative estimate of drug-likeness (QED) is 0.409. The first kappa shape index (κ1) is 9.95. The largest absolute Gasteiger partial charge is 0.132 e. The molecule has 0 unspecified atom stereocenters. The third-order valence-corrected chi connectivity index (χ3v) is 8.83. The van der Waals surface area contributed by atoms with E-state index in [4.69, 9.17) is 0 Å². The van der Waals surface area contributed by atoms with Crippen LogP contribution in [0.2, 0.25) is 11.6 Å². The zero-order valence-corrected chi connectivity index (χ0v) is 9.73. The van der Waals surface area contributed by atoms with Crippen molar-refractivity contribution < 1.29 is 0 Å². The minimum Gasteiger partial charge on any atom is -0.121 e. The number of hydrogen-bond acceptors (Lipinski definition) is 0. The van der Waals surface area contributed by atoms with E-state index in [0.717, 1.165) is 5.54 Å². The van der Waals surface area contributed by atoms with Gasteiger partial charge in [0.05, 0.1) is 0 Å². The van der Waals surface area contributed by atoms with Crippen molar-refractivity contribution in [3.8, 4) is 0 Å². The molecule has 0 spiro atoms. The summed E-state index contributed by atoms with van der Waals surface area (Å²) < 4.78 is 0. The van der Waals surface area contributed by atoms with Gasteiger partial charge < -0.3 is 0 Å². The summed E-state index contributed by atoms with van der Waals surface area (Å²) >= 11 is 2.66. The highest BCUT2D eigenvalue weighted by molar-refractivity contribution is 14.1. The van der Waals surface area contributed by atoms with E-state index in [0.29, 0.717) is 0 Å². The zero-order chi connectivity index (χ0) is 7.28. The number of hydrogen-bond donors (Lipinski definition) is 0. The second-order valence-electron chi connectivity index (χ2n) is 2.71. The van der Waals surface area contributed by atoms with Gasteiger partial charge in [0.15, 0.2) is 0 Å². The van der Waals surface area contributed by atoms with Gasteiger partial charge in [0.1, 0.15) is 6.29 Å². The van der Waals surface area contributed by atoms with Crippen molar-refractivity contribution in [1.29, 1.82) is 0 Å². The number of unbranched alkanes of at least 4 members (excludes halogenated alkanes) is 1. The van der Waals surface area contributed by atoms with Gasteiger partial charge in [0.2, 0.25) is 0 Å². The average Bonchev–Trinajstić information content (AvgIpc) is 1.82. The summed E-state index contributed by atoms with van der Waals surface area (Å²) in [6, 6.07) is 1.50. The molecule has 0 saturated carbocycles. The zero-order valence-electron chi connectivity index (χ0n) is 6.58. The summed E-state index contributed by atoms with van der Waals surface area (Å²) in [4.78, 5) is 0. The maximum absolute atomic E-state index is 2.66. The standard InChI is InChI=1S/C7H16ISi/c1-4-5-6-9(8)7(2)3/h7H,4-6H2,1-3H3. The van der Waals surface area contributed by atoms with E-state index in [2.05, 4.69) is 42.6 Å². The molecule has 2 heteroatoms. The Morgan fingerprint density at radius 2 is 2.00 bits per heavy atom. The Morgan fingerprint density at radius 3 is 2.33 bits per heavy atom. The minimum absolute atomic E-state index is 0.000725. The summed E-state index contributed by atoms with van der Waals surface area (Å²) in [7, 11) is 0. The average molecular weight is 255 g/mol. The van der Waals surface area contributed by atoms with E-state index >= 15 is 0 Å². The Bertz CT molecular complexity index is 63.9. The molecule has 0 rings (SSSR count). The lowest BCUT2D eigenvalue weighted by molar-refractivity contribution is 0.867. The van der Waals surface area contributed by atoms with Crippen LogP contribution in [-0.2, 0) is 0 Å². The molecule has 0 aromatic carbocycles. The predicted molar refractivity (Wildman–Crippen MR) is 54.6 cm³/mol. The molecule has 0 aromatic heterocycles.